The first-order valence-electron chi connectivity index (χ1n) is 7.49. The molecule has 0 saturated heterocycles. The number of rotatable bonds is 6. The molecule has 1 atom stereocenters. The molecule has 0 aliphatic rings. The molecule has 1 amide bonds. The van der Waals surface area contributed by atoms with Crippen LogP contribution in [0.25, 0.3) is 0 Å². The maximum Gasteiger partial charge on any atom is 0.410 e. The summed E-state index contributed by atoms with van der Waals surface area (Å²) in [6, 6.07) is 10.8. The number of carbonyl (C=O) groups excluding carboxylic acids is 1. The van der Waals surface area contributed by atoms with Crippen molar-refractivity contribution in [3.63, 3.8) is 0 Å². The number of benzene rings is 1. The lowest BCUT2D eigenvalue weighted by atomic mass is 10.1. The van der Waals surface area contributed by atoms with E-state index in [1.807, 2.05) is 26.8 Å². The van der Waals surface area contributed by atoms with Crippen molar-refractivity contribution in [3.05, 3.63) is 35.9 Å². The zero-order valence-electron chi connectivity index (χ0n) is 13.8. The number of ether oxygens (including phenoxy) is 1. The van der Waals surface area contributed by atoms with Gasteiger partial charge >= 0.3 is 6.09 Å². The van der Waals surface area contributed by atoms with Crippen molar-refractivity contribution in [2.75, 3.05) is 20.1 Å². The summed E-state index contributed by atoms with van der Waals surface area (Å²) in [5.41, 5.74) is 0.873. The van der Waals surface area contributed by atoms with Gasteiger partial charge in [0, 0.05) is 26.2 Å². The molecule has 21 heavy (non-hydrogen) atoms. The summed E-state index contributed by atoms with van der Waals surface area (Å²) in [6.07, 6.45) is 0.705. The standard InChI is InChI=1S/C17H28N2O2/c1-14(13-15-9-7-6-8-10-15)18-11-12-19(5)16(20)21-17(2,3)4/h6-10,14,18H,11-13H2,1-5H3. The molecule has 0 radical (unpaired) electrons. The number of hydrogen-bond acceptors (Lipinski definition) is 3. The fraction of sp³-hybridized carbons (Fsp3) is 0.588. The highest BCUT2D eigenvalue weighted by molar-refractivity contribution is 5.67. The van der Waals surface area contributed by atoms with E-state index >= 15 is 0 Å². The fourth-order valence-corrected chi connectivity index (χ4v) is 1.95. The Morgan fingerprint density at radius 1 is 1.29 bits per heavy atom. The highest BCUT2D eigenvalue weighted by atomic mass is 16.6. The van der Waals surface area contributed by atoms with E-state index in [1.165, 1.54) is 5.56 Å². The average molecular weight is 292 g/mol. The van der Waals surface area contributed by atoms with Crippen LogP contribution in [-0.4, -0.2) is 42.8 Å². The Kier molecular flexibility index (Phi) is 6.69. The second kappa shape index (κ2) is 8.03. The quantitative estimate of drug-likeness (QED) is 0.876. The number of nitrogens with zero attached hydrogens (tertiary/aromatic N) is 1. The molecule has 1 rings (SSSR count). The van der Waals surface area contributed by atoms with Gasteiger partial charge in [-0.3, -0.25) is 0 Å². The van der Waals surface area contributed by atoms with Crippen LogP contribution < -0.4 is 5.32 Å². The minimum absolute atomic E-state index is 0.278. The summed E-state index contributed by atoms with van der Waals surface area (Å²) in [7, 11) is 1.76. The van der Waals surface area contributed by atoms with Gasteiger partial charge in [0.1, 0.15) is 5.60 Å². The highest BCUT2D eigenvalue weighted by Gasteiger charge is 2.19. The molecule has 1 N–H and O–H groups in total. The molecule has 0 aliphatic heterocycles. The summed E-state index contributed by atoms with van der Waals surface area (Å²) < 4.78 is 5.31. The summed E-state index contributed by atoms with van der Waals surface area (Å²) >= 11 is 0. The summed E-state index contributed by atoms with van der Waals surface area (Å²) in [5.74, 6) is 0. The smallest absolute Gasteiger partial charge is 0.410 e. The normalized spacial score (nSPS) is 12.8. The maximum atomic E-state index is 11.8. The lowest BCUT2D eigenvalue weighted by Gasteiger charge is -2.25. The van der Waals surface area contributed by atoms with Crippen molar-refractivity contribution in [1.29, 1.82) is 0 Å². The maximum absolute atomic E-state index is 11.8. The Hall–Kier alpha value is -1.55. The molecule has 0 bridgehead atoms. The first kappa shape index (κ1) is 17.5. The lowest BCUT2D eigenvalue weighted by Crippen LogP contribution is -2.40. The van der Waals surface area contributed by atoms with Crippen LogP contribution in [-0.2, 0) is 11.2 Å². The second-order valence-corrected chi connectivity index (χ2v) is 6.45. The van der Waals surface area contributed by atoms with Gasteiger partial charge in [0.15, 0.2) is 0 Å². The Morgan fingerprint density at radius 2 is 1.90 bits per heavy atom. The second-order valence-electron chi connectivity index (χ2n) is 6.45. The van der Waals surface area contributed by atoms with Crippen molar-refractivity contribution in [2.24, 2.45) is 0 Å². The predicted octanol–water partition coefficient (Wildman–Crippen LogP) is 3.07. The van der Waals surface area contributed by atoms with Crippen molar-refractivity contribution in [1.82, 2.24) is 10.2 Å². The van der Waals surface area contributed by atoms with Gasteiger partial charge in [-0.25, -0.2) is 4.79 Å². The van der Waals surface area contributed by atoms with Crippen molar-refractivity contribution in [3.8, 4) is 0 Å². The summed E-state index contributed by atoms with van der Waals surface area (Å²) in [4.78, 5) is 13.4. The first-order chi connectivity index (χ1) is 9.78. The molecule has 0 aliphatic carbocycles. The minimum Gasteiger partial charge on any atom is -0.444 e. The average Bonchev–Trinajstić information content (AvgIpc) is 2.37. The van der Waals surface area contributed by atoms with Crippen molar-refractivity contribution in [2.45, 2.75) is 45.8 Å². The van der Waals surface area contributed by atoms with Crippen molar-refractivity contribution < 1.29 is 9.53 Å². The first-order valence-corrected chi connectivity index (χ1v) is 7.49. The number of carbonyl (C=O) groups is 1. The van der Waals surface area contributed by atoms with E-state index in [0.29, 0.717) is 12.6 Å². The molecule has 0 fully saturated rings. The molecule has 1 unspecified atom stereocenters. The van der Waals surface area contributed by atoms with Crippen LogP contribution in [0.4, 0.5) is 4.79 Å². The van der Waals surface area contributed by atoms with Gasteiger partial charge in [0.25, 0.3) is 0 Å². The lowest BCUT2D eigenvalue weighted by molar-refractivity contribution is 0.0299. The zero-order chi connectivity index (χ0) is 15.9. The van der Waals surface area contributed by atoms with Crippen molar-refractivity contribution >= 4 is 6.09 Å². The Balaban J connectivity index is 2.25. The van der Waals surface area contributed by atoms with Crippen LogP contribution in [0.3, 0.4) is 0 Å². The molecule has 0 spiro atoms. The Morgan fingerprint density at radius 3 is 2.48 bits per heavy atom. The van der Waals surface area contributed by atoms with Crippen LogP contribution in [0.1, 0.15) is 33.3 Å². The SMILES string of the molecule is CC(Cc1ccccc1)NCCN(C)C(=O)OC(C)(C)C. The third-order valence-corrected chi connectivity index (χ3v) is 3.03. The van der Waals surface area contributed by atoms with Crippen LogP contribution in [0.15, 0.2) is 30.3 Å². The topological polar surface area (TPSA) is 41.6 Å². The van der Waals surface area contributed by atoms with E-state index in [2.05, 4.69) is 36.5 Å². The summed E-state index contributed by atoms with van der Waals surface area (Å²) in [6.45, 7) is 9.16. The number of amides is 1. The molecular formula is C17H28N2O2. The highest BCUT2D eigenvalue weighted by Crippen LogP contribution is 2.08. The van der Waals surface area contributed by atoms with E-state index < -0.39 is 5.60 Å². The zero-order valence-corrected chi connectivity index (χ0v) is 13.8. The number of nitrogens with one attached hydrogen (secondary N) is 1. The van der Waals surface area contributed by atoms with Crippen LogP contribution in [0, 0.1) is 0 Å². The molecule has 1 aromatic carbocycles. The third-order valence-electron chi connectivity index (χ3n) is 3.03. The largest absolute Gasteiger partial charge is 0.444 e. The van der Waals surface area contributed by atoms with E-state index in [0.717, 1.165) is 13.0 Å². The van der Waals surface area contributed by atoms with E-state index in [1.54, 1.807) is 11.9 Å². The van der Waals surface area contributed by atoms with Gasteiger partial charge in [-0.05, 0) is 39.7 Å². The van der Waals surface area contributed by atoms with E-state index in [-0.39, 0.29) is 6.09 Å². The number of hydrogen-bond donors (Lipinski definition) is 1. The monoisotopic (exact) mass is 292 g/mol. The van der Waals surface area contributed by atoms with Crippen LogP contribution >= 0.6 is 0 Å². The summed E-state index contributed by atoms with van der Waals surface area (Å²) in [5, 5.41) is 3.43. The third kappa shape index (κ3) is 7.71. The van der Waals surface area contributed by atoms with Gasteiger partial charge < -0.3 is 15.0 Å². The molecule has 118 valence electrons. The van der Waals surface area contributed by atoms with Crippen LogP contribution in [0.2, 0.25) is 0 Å². The van der Waals surface area contributed by atoms with E-state index in [9.17, 15) is 4.79 Å². The molecule has 0 aromatic heterocycles. The minimum atomic E-state index is -0.445. The van der Waals surface area contributed by atoms with Gasteiger partial charge in [-0.15, -0.1) is 0 Å². The number of likely N-dealkylation sites (N-methyl/N-ethyl adjacent to an activating group) is 1. The molecule has 0 heterocycles. The predicted molar refractivity (Wildman–Crippen MR) is 86.5 cm³/mol. The van der Waals surface area contributed by atoms with Crippen LogP contribution in [0.5, 0.6) is 0 Å². The molecule has 4 heteroatoms. The molecule has 0 saturated carbocycles. The van der Waals surface area contributed by atoms with E-state index in [4.69, 9.17) is 4.74 Å². The fourth-order valence-electron chi connectivity index (χ4n) is 1.95. The Bertz CT molecular complexity index is 426. The van der Waals surface area contributed by atoms with Gasteiger partial charge in [-0.2, -0.15) is 0 Å². The van der Waals surface area contributed by atoms with Gasteiger partial charge in [0.2, 0.25) is 0 Å². The van der Waals surface area contributed by atoms with Gasteiger partial charge in [-0.1, -0.05) is 30.3 Å². The van der Waals surface area contributed by atoms with Gasteiger partial charge in [0.05, 0.1) is 0 Å². The molecular weight excluding hydrogens is 264 g/mol. The molecule has 4 nitrogen and oxygen atoms in total. The Labute approximate surface area is 128 Å². The molecule has 1 aromatic rings.